The van der Waals surface area contributed by atoms with Crippen molar-refractivity contribution in [1.82, 2.24) is 15.5 Å². The van der Waals surface area contributed by atoms with Gasteiger partial charge in [-0.2, -0.15) is 4.98 Å². The Bertz CT molecular complexity index is 1420. The lowest BCUT2D eigenvalue weighted by atomic mass is 9.86. The highest BCUT2D eigenvalue weighted by atomic mass is 32.2. The third kappa shape index (κ3) is 7.35. The van der Waals surface area contributed by atoms with E-state index in [1.54, 1.807) is 23.9 Å². The maximum Gasteiger partial charge on any atom is 0.326 e. The van der Waals surface area contributed by atoms with Crippen molar-refractivity contribution in [3.8, 4) is 22.8 Å². The summed E-state index contributed by atoms with van der Waals surface area (Å²) in [6.45, 7) is 10.6. The number of carboxylic acids is 1. The molecule has 8 heteroatoms. The first-order valence-electron chi connectivity index (χ1n) is 12.8. The van der Waals surface area contributed by atoms with Crippen LogP contribution in [0.3, 0.4) is 0 Å². The standard InChI is InChI=1S/C31H33N3O4S/c1-19(2)39-25-16-12-23(13-17-25)29-33-27(34-38-29)21-8-6-20(7-9-21)18-26(30(36)37)32-28(35)22-10-14-24(15-11-22)31(3,4)5/h6-17,19,26H,18H2,1-5H3,(H,32,35)(H,36,37)/t26-/m0/s1. The van der Waals surface area contributed by atoms with Crippen LogP contribution < -0.4 is 5.32 Å². The normalized spacial score (nSPS) is 12.4. The Morgan fingerprint density at radius 3 is 2.10 bits per heavy atom. The Morgan fingerprint density at radius 1 is 0.923 bits per heavy atom. The molecule has 0 spiro atoms. The van der Waals surface area contributed by atoms with Crippen LogP contribution in [0.2, 0.25) is 0 Å². The zero-order chi connectivity index (χ0) is 28.2. The van der Waals surface area contributed by atoms with Gasteiger partial charge < -0.3 is 14.9 Å². The summed E-state index contributed by atoms with van der Waals surface area (Å²) < 4.78 is 5.47. The lowest BCUT2D eigenvalue weighted by molar-refractivity contribution is -0.139. The molecule has 0 aliphatic carbocycles. The molecular formula is C31H33N3O4S. The van der Waals surface area contributed by atoms with E-state index in [0.29, 0.717) is 22.5 Å². The van der Waals surface area contributed by atoms with Crippen molar-refractivity contribution in [3.05, 3.63) is 89.5 Å². The molecule has 3 aromatic carbocycles. The molecular weight excluding hydrogens is 510 g/mol. The number of carbonyl (C=O) groups excluding carboxylic acids is 1. The fourth-order valence-corrected chi connectivity index (χ4v) is 4.83. The number of hydrogen-bond acceptors (Lipinski definition) is 6. The first-order chi connectivity index (χ1) is 18.5. The second-order valence-corrected chi connectivity index (χ2v) is 12.4. The third-order valence-electron chi connectivity index (χ3n) is 6.17. The molecule has 0 saturated heterocycles. The van der Waals surface area contributed by atoms with Crippen LogP contribution in [0.5, 0.6) is 0 Å². The first kappa shape index (κ1) is 28.1. The van der Waals surface area contributed by atoms with Crippen molar-refractivity contribution >= 4 is 23.6 Å². The molecule has 7 nitrogen and oxygen atoms in total. The number of nitrogens with one attached hydrogen (secondary N) is 1. The van der Waals surface area contributed by atoms with Gasteiger partial charge in [-0.15, -0.1) is 11.8 Å². The van der Waals surface area contributed by atoms with E-state index in [9.17, 15) is 14.7 Å². The Kier molecular flexibility index (Phi) is 8.55. The van der Waals surface area contributed by atoms with Crippen LogP contribution in [0.15, 0.2) is 82.2 Å². The quantitative estimate of drug-likeness (QED) is 0.228. The molecule has 0 fully saturated rings. The van der Waals surface area contributed by atoms with E-state index in [2.05, 4.69) is 50.1 Å². The van der Waals surface area contributed by atoms with Crippen LogP contribution in [-0.4, -0.2) is 38.4 Å². The summed E-state index contributed by atoms with van der Waals surface area (Å²) in [7, 11) is 0. The highest BCUT2D eigenvalue weighted by Gasteiger charge is 2.22. The second kappa shape index (κ2) is 11.9. The van der Waals surface area contributed by atoms with Gasteiger partial charge in [-0.3, -0.25) is 4.79 Å². The molecule has 2 N–H and O–H groups in total. The van der Waals surface area contributed by atoms with Gasteiger partial charge in [0.2, 0.25) is 5.82 Å². The van der Waals surface area contributed by atoms with Crippen molar-refractivity contribution in [2.24, 2.45) is 0 Å². The predicted molar refractivity (Wildman–Crippen MR) is 154 cm³/mol. The summed E-state index contributed by atoms with van der Waals surface area (Å²) in [6.07, 6.45) is 0.139. The maximum atomic E-state index is 12.7. The Balaban J connectivity index is 1.41. The Labute approximate surface area is 233 Å². The minimum absolute atomic E-state index is 0.0359. The molecule has 4 rings (SSSR count). The van der Waals surface area contributed by atoms with Gasteiger partial charge in [-0.05, 0) is 52.9 Å². The second-order valence-electron chi connectivity index (χ2n) is 10.7. The minimum atomic E-state index is -1.10. The van der Waals surface area contributed by atoms with Crippen LogP contribution in [0.4, 0.5) is 0 Å². The summed E-state index contributed by atoms with van der Waals surface area (Å²) in [5.74, 6) is -0.646. The lowest BCUT2D eigenvalue weighted by Crippen LogP contribution is -2.42. The number of aliphatic carboxylic acids is 1. The van der Waals surface area contributed by atoms with Crippen LogP contribution in [0.25, 0.3) is 22.8 Å². The number of carbonyl (C=O) groups is 2. The van der Waals surface area contributed by atoms with Crippen molar-refractivity contribution in [3.63, 3.8) is 0 Å². The number of thioether (sulfide) groups is 1. The van der Waals surface area contributed by atoms with Gasteiger partial charge in [0, 0.05) is 33.3 Å². The molecule has 0 aliphatic rings. The van der Waals surface area contributed by atoms with Crippen molar-refractivity contribution < 1.29 is 19.2 Å². The van der Waals surface area contributed by atoms with Crippen molar-refractivity contribution in [2.45, 2.75) is 62.6 Å². The number of amides is 1. The number of aromatic nitrogens is 2. The number of hydrogen-bond donors (Lipinski definition) is 2. The zero-order valence-corrected chi connectivity index (χ0v) is 23.6. The monoisotopic (exact) mass is 543 g/mol. The van der Waals surface area contributed by atoms with E-state index in [1.807, 2.05) is 60.7 Å². The van der Waals surface area contributed by atoms with Crippen LogP contribution >= 0.6 is 11.8 Å². The topological polar surface area (TPSA) is 105 Å². The molecule has 1 heterocycles. The van der Waals surface area contributed by atoms with Crippen molar-refractivity contribution in [2.75, 3.05) is 0 Å². The summed E-state index contributed by atoms with van der Waals surface area (Å²) in [4.78, 5) is 30.3. The molecule has 39 heavy (non-hydrogen) atoms. The molecule has 0 saturated carbocycles. The highest BCUT2D eigenvalue weighted by Crippen LogP contribution is 2.27. The van der Waals surface area contributed by atoms with E-state index in [0.717, 1.165) is 22.3 Å². The SMILES string of the molecule is CC(C)Sc1ccc(-c2nc(-c3ccc(C[C@H](NC(=O)c4ccc(C(C)(C)C)cc4)C(=O)O)cc3)no2)cc1. The summed E-state index contributed by atoms with van der Waals surface area (Å²) >= 11 is 1.79. The van der Waals surface area contributed by atoms with Gasteiger partial charge in [0.1, 0.15) is 6.04 Å². The van der Waals surface area contributed by atoms with Crippen molar-refractivity contribution in [1.29, 1.82) is 0 Å². The fourth-order valence-electron chi connectivity index (χ4n) is 4.00. The van der Waals surface area contributed by atoms with E-state index in [1.165, 1.54) is 4.90 Å². The molecule has 4 aromatic rings. The number of carboxylic acid groups (broad SMARTS) is 1. The lowest BCUT2D eigenvalue weighted by Gasteiger charge is -2.19. The summed E-state index contributed by atoms with van der Waals surface area (Å²) in [5, 5.41) is 17.0. The summed E-state index contributed by atoms with van der Waals surface area (Å²) in [6, 6.07) is 21.4. The zero-order valence-electron chi connectivity index (χ0n) is 22.8. The van der Waals surface area contributed by atoms with Crippen LogP contribution in [0.1, 0.15) is 56.1 Å². The molecule has 1 amide bonds. The molecule has 0 bridgehead atoms. The molecule has 1 aromatic heterocycles. The predicted octanol–water partition coefficient (Wildman–Crippen LogP) is 6.63. The number of nitrogens with zero attached hydrogens (tertiary/aromatic N) is 2. The Hall–Kier alpha value is -3.91. The first-order valence-corrected chi connectivity index (χ1v) is 13.7. The fraction of sp³-hybridized carbons (Fsp3) is 0.290. The molecule has 202 valence electrons. The molecule has 0 unspecified atom stereocenters. The number of rotatable bonds is 9. The summed E-state index contributed by atoms with van der Waals surface area (Å²) in [5.41, 5.74) is 3.83. The van der Waals surface area contributed by atoms with Gasteiger partial charge in [0.05, 0.1) is 0 Å². The van der Waals surface area contributed by atoms with E-state index < -0.39 is 17.9 Å². The average molecular weight is 544 g/mol. The van der Waals surface area contributed by atoms with E-state index in [4.69, 9.17) is 4.52 Å². The molecule has 1 atom stereocenters. The van der Waals surface area contributed by atoms with E-state index in [-0.39, 0.29) is 11.8 Å². The maximum absolute atomic E-state index is 12.7. The Morgan fingerprint density at radius 2 is 1.54 bits per heavy atom. The molecule has 0 radical (unpaired) electrons. The van der Waals surface area contributed by atoms with Crippen LogP contribution in [0, 0.1) is 0 Å². The van der Waals surface area contributed by atoms with Gasteiger partial charge in [-0.25, -0.2) is 4.79 Å². The highest BCUT2D eigenvalue weighted by molar-refractivity contribution is 7.99. The van der Waals surface area contributed by atoms with Gasteiger partial charge in [0.15, 0.2) is 0 Å². The minimum Gasteiger partial charge on any atom is -0.480 e. The average Bonchev–Trinajstić information content (AvgIpc) is 3.38. The van der Waals surface area contributed by atoms with Crippen LogP contribution in [-0.2, 0) is 16.6 Å². The van der Waals surface area contributed by atoms with E-state index >= 15 is 0 Å². The number of benzene rings is 3. The molecule has 0 aliphatic heterocycles. The van der Waals surface area contributed by atoms with Gasteiger partial charge >= 0.3 is 5.97 Å². The van der Waals surface area contributed by atoms with Gasteiger partial charge in [-0.1, -0.05) is 76.2 Å². The van der Waals surface area contributed by atoms with Gasteiger partial charge in [0.25, 0.3) is 11.8 Å². The third-order valence-corrected chi connectivity index (χ3v) is 7.18. The smallest absolute Gasteiger partial charge is 0.326 e. The largest absolute Gasteiger partial charge is 0.480 e.